The van der Waals surface area contributed by atoms with E-state index < -0.39 is 11.8 Å². The molecule has 0 radical (unpaired) electrons. The summed E-state index contributed by atoms with van der Waals surface area (Å²) in [5.74, 6) is -1.22. The van der Waals surface area contributed by atoms with Crippen LogP contribution in [0, 0.1) is 13.8 Å². The molecular weight excluding hydrogens is 426 g/mol. The van der Waals surface area contributed by atoms with Crippen molar-refractivity contribution in [2.24, 2.45) is 0 Å². The van der Waals surface area contributed by atoms with Crippen molar-refractivity contribution < 1.29 is 9.59 Å². The number of anilines is 2. The third-order valence-electron chi connectivity index (χ3n) is 7.20. The van der Waals surface area contributed by atoms with Crippen LogP contribution in [0.3, 0.4) is 0 Å². The Kier molecular flexibility index (Phi) is 7.54. The standard InChI is InChI=1S/C27H37N5O2/c1-19-7-5-8-20(2)25(19)29-27(34)26(33)28-18-24(32-15-13-30(3)14-16-32)22-10-11-23-21(17-22)9-6-12-31(23)4/h5,7-8,10-11,17,24H,6,9,12-16,18H2,1-4H3,(H,28,33)(H,29,34)/t24-/m0/s1. The highest BCUT2D eigenvalue weighted by molar-refractivity contribution is 6.39. The molecule has 2 aromatic carbocycles. The smallest absolute Gasteiger partial charge is 0.313 e. The van der Waals surface area contributed by atoms with E-state index in [9.17, 15) is 9.59 Å². The molecule has 1 fully saturated rings. The molecule has 2 amide bonds. The summed E-state index contributed by atoms with van der Waals surface area (Å²) in [6, 6.07) is 12.5. The van der Waals surface area contributed by atoms with Gasteiger partial charge in [-0.05, 0) is 62.1 Å². The van der Waals surface area contributed by atoms with Crippen molar-refractivity contribution in [3.63, 3.8) is 0 Å². The fourth-order valence-corrected chi connectivity index (χ4v) is 5.06. The number of amides is 2. The van der Waals surface area contributed by atoms with E-state index in [-0.39, 0.29) is 6.04 Å². The van der Waals surface area contributed by atoms with Crippen molar-refractivity contribution in [2.45, 2.75) is 32.7 Å². The number of aryl methyl sites for hydroxylation is 3. The highest BCUT2D eigenvalue weighted by Crippen LogP contribution is 2.31. The molecule has 0 aliphatic carbocycles. The van der Waals surface area contributed by atoms with Gasteiger partial charge in [0.25, 0.3) is 0 Å². The van der Waals surface area contributed by atoms with Crippen LogP contribution >= 0.6 is 0 Å². The van der Waals surface area contributed by atoms with E-state index >= 15 is 0 Å². The van der Waals surface area contributed by atoms with Crippen LogP contribution < -0.4 is 15.5 Å². The van der Waals surface area contributed by atoms with Crippen molar-refractivity contribution in [2.75, 3.05) is 63.6 Å². The Labute approximate surface area is 203 Å². The molecule has 7 heteroatoms. The molecule has 34 heavy (non-hydrogen) atoms. The lowest BCUT2D eigenvalue weighted by atomic mass is 9.95. The molecule has 1 saturated heterocycles. The van der Waals surface area contributed by atoms with Gasteiger partial charge in [-0.2, -0.15) is 0 Å². The van der Waals surface area contributed by atoms with Crippen LogP contribution in [0.15, 0.2) is 36.4 Å². The molecule has 0 unspecified atom stereocenters. The summed E-state index contributed by atoms with van der Waals surface area (Å²) in [7, 11) is 4.28. The van der Waals surface area contributed by atoms with Gasteiger partial charge in [0.15, 0.2) is 0 Å². The van der Waals surface area contributed by atoms with Crippen molar-refractivity contribution in [3.8, 4) is 0 Å². The second-order valence-electron chi connectivity index (χ2n) is 9.70. The zero-order chi connectivity index (χ0) is 24.2. The maximum atomic E-state index is 12.8. The van der Waals surface area contributed by atoms with E-state index in [4.69, 9.17) is 0 Å². The molecule has 182 valence electrons. The van der Waals surface area contributed by atoms with Gasteiger partial charge in [0, 0.05) is 57.7 Å². The van der Waals surface area contributed by atoms with Gasteiger partial charge in [0.05, 0.1) is 6.04 Å². The first-order valence-corrected chi connectivity index (χ1v) is 12.3. The molecule has 0 saturated carbocycles. The van der Waals surface area contributed by atoms with Gasteiger partial charge in [-0.3, -0.25) is 14.5 Å². The van der Waals surface area contributed by atoms with Crippen LogP contribution in [-0.4, -0.2) is 75.0 Å². The molecule has 4 rings (SSSR count). The van der Waals surface area contributed by atoms with Crippen molar-refractivity contribution in [3.05, 3.63) is 58.7 Å². The molecule has 0 aromatic heterocycles. The van der Waals surface area contributed by atoms with E-state index in [1.54, 1.807) is 0 Å². The topological polar surface area (TPSA) is 67.9 Å². The van der Waals surface area contributed by atoms with Crippen molar-refractivity contribution >= 4 is 23.2 Å². The molecule has 2 aliphatic heterocycles. The number of nitrogens with one attached hydrogen (secondary N) is 2. The molecule has 2 aliphatic rings. The number of hydrogen-bond donors (Lipinski definition) is 2. The Morgan fingerprint density at radius 1 is 0.941 bits per heavy atom. The van der Waals surface area contributed by atoms with Crippen LogP contribution in [0.4, 0.5) is 11.4 Å². The number of para-hydroxylation sites is 1. The number of likely N-dealkylation sites (N-methyl/N-ethyl adjacent to an activating group) is 1. The Bertz CT molecular complexity index is 1030. The summed E-state index contributed by atoms with van der Waals surface area (Å²) in [4.78, 5) is 32.5. The maximum Gasteiger partial charge on any atom is 0.313 e. The van der Waals surface area contributed by atoms with Crippen LogP contribution in [0.1, 0.15) is 34.7 Å². The van der Waals surface area contributed by atoms with E-state index in [1.807, 2.05) is 32.0 Å². The summed E-state index contributed by atoms with van der Waals surface area (Å²) >= 11 is 0. The second kappa shape index (κ2) is 10.6. The Balaban J connectivity index is 1.49. The number of carbonyl (C=O) groups is 2. The summed E-state index contributed by atoms with van der Waals surface area (Å²) in [6.45, 7) is 9.19. The first-order valence-electron chi connectivity index (χ1n) is 12.3. The van der Waals surface area contributed by atoms with Gasteiger partial charge in [0.2, 0.25) is 0 Å². The number of rotatable bonds is 5. The minimum atomic E-state index is -0.624. The number of hydrogen-bond acceptors (Lipinski definition) is 5. The normalized spacial score (nSPS) is 17.7. The summed E-state index contributed by atoms with van der Waals surface area (Å²) in [5, 5.41) is 5.72. The Morgan fingerprint density at radius 3 is 2.35 bits per heavy atom. The minimum absolute atomic E-state index is 0.0307. The number of nitrogens with zero attached hydrogens (tertiary/aromatic N) is 3. The quantitative estimate of drug-likeness (QED) is 0.668. The molecule has 7 nitrogen and oxygen atoms in total. The number of fused-ring (bicyclic) bond motifs is 1. The molecule has 2 aromatic rings. The van der Waals surface area contributed by atoms with Gasteiger partial charge in [0.1, 0.15) is 0 Å². The first kappa shape index (κ1) is 24.2. The molecular formula is C27H37N5O2. The molecule has 0 bridgehead atoms. The zero-order valence-corrected chi connectivity index (χ0v) is 20.9. The van der Waals surface area contributed by atoms with Crippen LogP contribution in [0.5, 0.6) is 0 Å². The predicted octanol–water partition coefficient (Wildman–Crippen LogP) is 2.73. The SMILES string of the molecule is Cc1cccc(C)c1NC(=O)C(=O)NC[C@@H](c1ccc2c(c1)CCCN2C)N1CCN(C)CC1. The fourth-order valence-electron chi connectivity index (χ4n) is 5.06. The average molecular weight is 464 g/mol. The van der Waals surface area contributed by atoms with Crippen molar-refractivity contribution in [1.29, 1.82) is 0 Å². The number of carbonyl (C=O) groups excluding carboxylic acids is 2. The van der Waals surface area contributed by atoms with Crippen LogP contribution in [-0.2, 0) is 16.0 Å². The van der Waals surface area contributed by atoms with Crippen LogP contribution in [0.25, 0.3) is 0 Å². The van der Waals surface area contributed by atoms with Gasteiger partial charge in [-0.15, -0.1) is 0 Å². The maximum absolute atomic E-state index is 12.8. The number of benzene rings is 2. The highest BCUT2D eigenvalue weighted by Gasteiger charge is 2.27. The predicted molar refractivity (Wildman–Crippen MR) is 137 cm³/mol. The highest BCUT2D eigenvalue weighted by atomic mass is 16.2. The zero-order valence-electron chi connectivity index (χ0n) is 20.9. The van der Waals surface area contributed by atoms with E-state index in [0.29, 0.717) is 12.2 Å². The lowest BCUT2D eigenvalue weighted by molar-refractivity contribution is -0.136. The van der Waals surface area contributed by atoms with Gasteiger partial charge < -0.3 is 20.4 Å². The first-order chi connectivity index (χ1) is 16.3. The Hall–Kier alpha value is -2.90. The Morgan fingerprint density at radius 2 is 1.65 bits per heavy atom. The minimum Gasteiger partial charge on any atom is -0.374 e. The summed E-state index contributed by atoms with van der Waals surface area (Å²) < 4.78 is 0. The van der Waals surface area contributed by atoms with Gasteiger partial charge >= 0.3 is 11.8 Å². The lowest BCUT2D eigenvalue weighted by Gasteiger charge is -2.39. The second-order valence-corrected chi connectivity index (χ2v) is 9.70. The third kappa shape index (κ3) is 5.42. The monoisotopic (exact) mass is 463 g/mol. The van der Waals surface area contributed by atoms with Gasteiger partial charge in [-0.1, -0.05) is 30.3 Å². The molecule has 2 N–H and O–H groups in total. The van der Waals surface area contributed by atoms with E-state index in [2.05, 4.69) is 57.6 Å². The average Bonchev–Trinajstić information content (AvgIpc) is 2.82. The number of piperazine rings is 1. The van der Waals surface area contributed by atoms with E-state index in [1.165, 1.54) is 16.8 Å². The molecule has 1 atom stereocenters. The van der Waals surface area contributed by atoms with Gasteiger partial charge in [-0.25, -0.2) is 0 Å². The fraction of sp³-hybridized carbons (Fsp3) is 0.481. The third-order valence-corrected chi connectivity index (χ3v) is 7.20. The van der Waals surface area contributed by atoms with Crippen LogP contribution in [0.2, 0.25) is 0 Å². The molecule has 0 spiro atoms. The summed E-state index contributed by atoms with van der Waals surface area (Å²) in [5.41, 5.74) is 6.45. The molecule has 2 heterocycles. The van der Waals surface area contributed by atoms with Crippen molar-refractivity contribution in [1.82, 2.24) is 15.1 Å². The largest absolute Gasteiger partial charge is 0.374 e. The summed E-state index contributed by atoms with van der Waals surface area (Å²) in [6.07, 6.45) is 2.23. The lowest BCUT2D eigenvalue weighted by Crippen LogP contribution is -2.49. The van der Waals surface area contributed by atoms with E-state index in [0.717, 1.165) is 56.7 Å².